The number of nitrogen functional groups attached to an aromatic ring is 1. The smallest absolute Gasteiger partial charge is 0.0743 e. The van der Waals surface area contributed by atoms with Gasteiger partial charge in [0.05, 0.1) is 23.1 Å². The Labute approximate surface area is 108 Å². The lowest BCUT2D eigenvalue weighted by Crippen LogP contribution is -2.17. The fourth-order valence-electron chi connectivity index (χ4n) is 1.85. The van der Waals surface area contributed by atoms with Crippen molar-refractivity contribution in [3.8, 4) is 0 Å². The van der Waals surface area contributed by atoms with Gasteiger partial charge in [-0.05, 0) is 17.9 Å². The van der Waals surface area contributed by atoms with Crippen molar-refractivity contribution in [2.75, 3.05) is 17.6 Å². The van der Waals surface area contributed by atoms with Crippen LogP contribution in [0.3, 0.4) is 0 Å². The molecule has 0 aliphatic carbocycles. The Morgan fingerprint density at radius 3 is 2.67 bits per heavy atom. The van der Waals surface area contributed by atoms with E-state index in [4.69, 9.17) is 5.73 Å². The fraction of sp³-hybridized carbons (Fsp3) is 0.400. The van der Waals surface area contributed by atoms with Crippen molar-refractivity contribution < 1.29 is 0 Å². The Kier molecular flexibility index (Phi) is 3.70. The number of nitrogens with two attached hydrogens (primary N) is 1. The molecule has 0 saturated carbocycles. The second kappa shape index (κ2) is 5.25. The lowest BCUT2D eigenvalue weighted by Gasteiger charge is -2.18. The third kappa shape index (κ3) is 2.55. The van der Waals surface area contributed by atoms with Gasteiger partial charge < -0.3 is 11.1 Å². The van der Waals surface area contributed by atoms with Gasteiger partial charge in [0.25, 0.3) is 0 Å². The predicted octanol–water partition coefficient (Wildman–Crippen LogP) is 3.52. The maximum absolute atomic E-state index is 6.02. The molecule has 3 nitrogen and oxygen atoms in total. The number of aromatic nitrogens is 1. The summed E-state index contributed by atoms with van der Waals surface area (Å²) in [4.78, 5) is 4.34. The maximum atomic E-state index is 6.02. The summed E-state index contributed by atoms with van der Waals surface area (Å²) in [6.07, 6.45) is 1.73. The van der Waals surface area contributed by atoms with Crippen LogP contribution in [0.1, 0.15) is 20.8 Å². The van der Waals surface area contributed by atoms with Crippen LogP contribution in [0.4, 0.5) is 11.4 Å². The van der Waals surface area contributed by atoms with E-state index in [0.29, 0.717) is 17.5 Å². The quantitative estimate of drug-likeness (QED) is 0.863. The first-order valence-electron chi connectivity index (χ1n) is 6.46. The maximum Gasteiger partial charge on any atom is 0.0743 e. The molecule has 0 bridgehead atoms. The molecule has 1 unspecified atom stereocenters. The van der Waals surface area contributed by atoms with E-state index in [1.807, 2.05) is 18.2 Å². The number of nitrogens with one attached hydrogen (secondary N) is 1. The van der Waals surface area contributed by atoms with Crippen LogP contribution in [-0.4, -0.2) is 11.5 Å². The molecule has 1 aromatic carbocycles. The number of hydrogen-bond acceptors (Lipinski definition) is 3. The average Bonchev–Trinajstić information content (AvgIpc) is 2.37. The molecule has 0 aliphatic rings. The average molecular weight is 243 g/mol. The van der Waals surface area contributed by atoms with Gasteiger partial charge in [0.2, 0.25) is 0 Å². The predicted molar refractivity (Wildman–Crippen MR) is 78.6 cm³/mol. The van der Waals surface area contributed by atoms with Gasteiger partial charge >= 0.3 is 0 Å². The van der Waals surface area contributed by atoms with Crippen molar-refractivity contribution in [1.29, 1.82) is 0 Å². The van der Waals surface area contributed by atoms with E-state index in [1.165, 1.54) is 0 Å². The number of anilines is 2. The second-order valence-corrected chi connectivity index (χ2v) is 5.21. The molecule has 18 heavy (non-hydrogen) atoms. The first kappa shape index (κ1) is 12.7. The van der Waals surface area contributed by atoms with Crippen molar-refractivity contribution in [1.82, 2.24) is 4.98 Å². The summed E-state index contributed by atoms with van der Waals surface area (Å²) in [5.41, 5.74) is 8.72. The Hall–Kier alpha value is -1.77. The Bertz CT molecular complexity index is 534. The van der Waals surface area contributed by atoms with Gasteiger partial charge in [0.1, 0.15) is 0 Å². The zero-order valence-electron chi connectivity index (χ0n) is 11.3. The zero-order chi connectivity index (χ0) is 13.1. The van der Waals surface area contributed by atoms with E-state index in [2.05, 4.69) is 37.1 Å². The molecule has 3 N–H and O–H groups in total. The summed E-state index contributed by atoms with van der Waals surface area (Å²) in [7, 11) is 0. The largest absolute Gasteiger partial charge is 0.396 e. The minimum Gasteiger partial charge on any atom is -0.396 e. The van der Waals surface area contributed by atoms with E-state index in [-0.39, 0.29) is 0 Å². The zero-order valence-corrected chi connectivity index (χ0v) is 11.3. The van der Waals surface area contributed by atoms with Gasteiger partial charge in [-0.1, -0.05) is 39.0 Å². The third-order valence-corrected chi connectivity index (χ3v) is 3.54. The summed E-state index contributed by atoms with van der Waals surface area (Å²) >= 11 is 0. The van der Waals surface area contributed by atoms with E-state index in [9.17, 15) is 0 Å². The van der Waals surface area contributed by atoms with Crippen molar-refractivity contribution in [3.63, 3.8) is 0 Å². The molecule has 1 aromatic heterocycles. The molecule has 0 fully saturated rings. The SMILES string of the molecule is CC(C)C(C)CNc1c(N)cnc2ccccc12. The monoisotopic (exact) mass is 243 g/mol. The number of pyridine rings is 1. The van der Waals surface area contributed by atoms with Crippen LogP contribution in [0.25, 0.3) is 10.9 Å². The Balaban J connectivity index is 2.29. The molecular weight excluding hydrogens is 222 g/mol. The van der Waals surface area contributed by atoms with E-state index in [1.54, 1.807) is 6.20 Å². The molecule has 2 aromatic rings. The van der Waals surface area contributed by atoms with Crippen molar-refractivity contribution in [2.24, 2.45) is 11.8 Å². The summed E-state index contributed by atoms with van der Waals surface area (Å²) in [5, 5.41) is 4.56. The van der Waals surface area contributed by atoms with Crippen LogP contribution in [-0.2, 0) is 0 Å². The molecule has 0 amide bonds. The number of rotatable bonds is 4. The highest BCUT2D eigenvalue weighted by molar-refractivity contribution is 5.96. The van der Waals surface area contributed by atoms with E-state index in [0.717, 1.165) is 23.1 Å². The summed E-state index contributed by atoms with van der Waals surface area (Å²) in [6.45, 7) is 7.65. The molecule has 0 aliphatic heterocycles. The minimum absolute atomic E-state index is 0.608. The molecular formula is C15H21N3. The van der Waals surface area contributed by atoms with E-state index >= 15 is 0 Å². The van der Waals surface area contributed by atoms with Crippen molar-refractivity contribution >= 4 is 22.3 Å². The topological polar surface area (TPSA) is 50.9 Å². The van der Waals surface area contributed by atoms with E-state index < -0.39 is 0 Å². The molecule has 0 radical (unpaired) electrons. The highest BCUT2D eigenvalue weighted by Crippen LogP contribution is 2.28. The Morgan fingerprint density at radius 1 is 1.22 bits per heavy atom. The second-order valence-electron chi connectivity index (χ2n) is 5.21. The summed E-state index contributed by atoms with van der Waals surface area (Å²) in [5.74, 6) is 1.27. The van der Waals surface area contributed by atoms with Crippen LogP contribution in [0, 0.1) is 11.8 Å². The van der Waals surface area contributed by atoms with Gasteiger partial charge in [-0.25, -0.2) is 0 Å². The van der Waals surface area contributed by atoms with Crippen LogP contribution >= 0.6 is 0 Å². The number of nitrogens with zero attached hydrogens (tertiary/aromatic N) is 1. The first-order chi connectivity index (χ1) is 8.59. The van der Waals surface area contributed by atoms with Crippen molar-refractivity contribution in [3.05, 3.63) is 30.5 Å². The number of fused-ring (bicyclic) bond motifs is 1. The minimum atomic E-state index is 0.608. The molecule has 3 heteroatoms. The molecule has 96 valence electrons. The highest BCUT2D eigenvalue weighted by atomic mass is 14.9. The summed E-state index contributed by atoms with van der Waals surface area (Å²) in [6, 6.07) is 8.07. The highest BCUT2D eigenvalue weighted by Gasteiger charge is 2.10. The van der Waals surface area contributed by atoms with Crippen molar-refractivity contribution in [2.45, 2.75) is 20.8 Å². The van der Waals surface area contributed by atoms with Crippen LogP contribution in [0.5, 0.6) is 0 Å². The lowest BCUT2D eigenvalue weighted by atomic mass is 9.98. The summed E-state index contributed by atoms with van der Waals surface area (Å²) < 4.78 is 0. The van der Waals surface area contributed by atoms with Gasteiger partial charge in [0.15, 0.2) is 0 Å². The molecule has 0 spiro atoms. The standard InChI is InChI=1S/C15H21N3/c1-10(2)11(3)8-18-15-12-6-4-5-7-14(12)17-9-13(15)16/h4-7,9-11H,8,16H2,1-3H3,(H,17,18). The normalized spacial score (nSPS) is 12.9. The molecule has 2 rings (SSSR count). The van der Waals surface area contributed by atoms with Gasteiger partial charge in [-0.3, -0.25) is 4.98 Å². The number of hydrogen-bond donors (Lipinski definition) is 2. The Morgan fingerprint density at radius 2 is 1.94 bits per heavy atom. The van der Waals surface area contributed by atoms with Gasteiger partial charge in [-0.15, -0.1) is 0 Å². The number of para-hydroxylation sites is 1. The first-order valence-corrected chi connectivity index (χ1v) is 6.46. The van der Waals surface area contributed by atoms with Gasteiger partial charge in [-0.2, -0.15) is 0 Å². The number of benzene rings is 1. The van der Waals surface area contributed by atoms with Crippen LogP contribution < -0.4 is 11.1 Å². The molecule has 1 heterocycles. The van der Waals surface area contributed by atoms with Crippen LogP contribution in [0.2, 0.25) is 0 Å². The lowest BCUT2D eigenvalue weighted by molar-refractivity contribution is 0.440. The molecule has 1 atom stereocenters. The third-order valence-electron chi connectivity index (χ3n) is 3.54. The van der Waals surface area contributed by atoms with Crippen LogP contribution in [0.15, 0.2) is 30.5 Å². The van der Waals surface area contributed by atoms with Gasteiger partial charge in [0, 0.05) is 11.9 Å². The fourth-order valence-corrected chi connectivity index (χ4v) is 1.85. The molecule has 0 saturated heterocycles.